The molecule has 1 aromatic carbocycles. The number of benzene rings is 1. The average Bonchev–Trinajstić information content (AvgIpc) is 2.79. The maximum absolute atomic E-state index is 12.7. The Morgan fingerprint density at radius 1 is 1.12 bits per heavy atom. The molecule has 0 radical (unpaired) electrons. The number of ether oxygens (including phenoxy) is 1. The second-order valence-electron chi connectivity index (χ2n) is 7.44. The molecule has 6 nitrogen and oxygen atoms in total. The minimum Gasteiger partial charge on any atom is -0.493 e. The van der Waals surface area contributed by atoms with Gasteiger partial charge in [-0.25, -0.2) is 0 Å². The van der Waals surface area contributed by atoms with Crippen molar-refractivity contribution in [2.75, 3.05) is 46.9 Å². The number of para-hydroxylation sites is 1. The Labute approximate surface area is 155 Å². The number of amides is 2. The molecule has 1 aromatic rings. The van der Waals surface area contributed by atoms with Crippen LogP contribution in [0.2, 0.25) is 0 Å². The summed E-state index contributed by atoms with van der Waals surface area (Å²) < 4.78 is 5.66. The Morgan fingerprint density at radius 3 is 2.65 bits per heavy atom. The zero-order valence-electron chi connectivity index (χ0n) is 15.8. The van der Waals surface area contributed by atoms with E-state index in [1.807, 2.05) is 47.2 Å². The van der Waals surface area contributed by atoms with Crippen LogP contribution in [0.25, 0.3) is 0 Å². The van der Waals surface area contributed by atoms with Gasteiger partial charge in [0.1, 0.15) is 5.75 Å². The van der Waals surface area contributed by atoms with Gasteiger partial charge in [0, 0.05) is 45.2 Å². The Bertz CT molecular complexity index is 636. The number of nitrogens with zero attached hydrogens (tertiary/aromatic N) is 3. The van der Waals surface area contributed by atoms with Gasteiger partial charge in [0.05, 0.1) is 13.0 Å². The van der Waals surface area contributed by atoms with E-state index in [1.54, 1.807) is 0 Å². The second kappa shape index (κ2) is 8.08. The molecule has 26 heavy (non-hydrogen) atoms. The fraction of sp³-hybridized carbons (Fsp3) is 0.600. The van der Waals surface area contributed by atoms with Gasteiger partial charge in [0.25, 0.3) is 0 Å². The monoisotopic (exact) mass is 359 g/mol. The fourth-order valence-electron chi connectivity index (χ4n) is 3.90. The van der Waals surface area contributed by atoms with Crippen molar-refractivity contribution in [1.82, 2.24) is 14.7 Å². The number of piperazine rings is 1. The van der Waals surface area contributed by atoms with Gasteiger partial charge in [-0.15, -0.1) is 0 Å². The van der Waals surface area contributed by atoms with Gasteiger partial charge in [0.2, 0.25) is 11.8 Å². The van der Waals surface area contributed by atoms with Gasteiger partial charge in [0.15, 0.2) is 0 Å². The zero-order chi connectivity index (χ0) is 18.6. The quantitative estimate of drug-likeness (QED) is 0.820. The van der Waals surface area contributed by atoms with Crippen LogP contribution in [-0.2, 0) is 9.59 Å². The van der Waals surface area contributed by atoms with Gasteiger partial charge >= 0.3 is 0 Å². The van der Waals surface area contributed by atoms with E-state index < -0.39 is 0 Å². The second-order valence-corrected chi connectivity index (χ2v) is 7.44. The number of rotatable bonds is 4. The molecule has 1 spiro atoms. The zero-order valence-corrected chi connectivity index (χ0v) is 15.8. The largest absolute Gasteiger partial charge is 0.493 e. The summed E-state index contributed by atoms with van der Waals surface area (Å²) in [5, 5.41) is 0. The first kappa shape index (κ1) is 18.7. The molecule has 2 amide bonds. The number of carbonyl (C=O) groups excluding carboxylic acids is 2. The molecular formula is C20H29N3O3. The van der Waals surface area contributed by atoms with Crippen molar-refractivity contribution in [1.29, 1.82) is 0 Å². The Balaban J connectivity index is 1.56. The lowest BCUT2D eigenvalue weighted by Crippen LogP contribution is -2.62. The van der Waals surface area contributed by atoms with E-state index in [-0.39, 0.29) is 17.4 Å². The summed E-state index contributed by atoms with van der Waals surface area (Å²) in [5.41, 5.74) is -0.0887. The third-order valence-electron chi connectivity index (χ3n) is 5.82. The van der Waals surface area contributed by atoms with E-state index in [2.05, 4.69) is 11.9 Å². The first-order valence-corrected chi connectivity index (χ1v) is 9.41. The molecule has 2 saturated heterocycles. The van der Waals surface area contributed by atoms with E-state index in [4.69, 9.17) is 4.74 Å². The normalized spacial score (nSPS) is 24.6. The summed E-state index contributed by atoms with van der Waals surface area (Å²) in [6.07, 6.45) is 2.67. The lowest BCUT2D eigenvalue weighted by atomic mass is 9.86. The number of hydrogen-bond acceptors (Lipinski definition) is 4. The minimum absolute atomic E-state index is 0.0887. The number of likely N-dealkylation sites (tertiary alicyclic amines) is 1. The van der Waals surface area contributed by atoms with Crippen LogP contribution in [0.4, 0.5) is 0 Å². The van der Waals surface area contributed by atoms with E-state index in [9.17, 15) is 9.59 Å². The Morgan fingerprint density at radius 2 is 1.88 bits per heavy atom. The summed E-state index contributed by atoms with van der Waals surface area (Å²) in [5.74, 6) is 1.13. The summed E-state index contributed by atoms with van der Waals surface area (Å²) in [7, 11) is 3.99. The highest BCUT2D eigenvalue weighted by atomic mass is 16.5. The van der Waals surface area contributed by atoms with Crippen LogP contribution in [0.5, 0.6) is 5.75 Å². The summed E-state index contributed by atoms with van der Waals surface area (Å²) in [4.78, 5) is 30.9. The Hall–Kier alpha value is -2.08. The maximum Gasteiger partial charge on any atom is 0.226 e. The molecule has 2 aliphatic heterocycles. The third-order valence-corrected chi connectivity index (χ3v) is 5.82. The van der Waals surface area contributed by atoms with Crippen molar-refractivity contribution >= 4 is 11.8 Å². The molecule has 0 saturated carbocycles. The van der Waals surface area contributed by atoms with Crippen LogP contribution in [-0.4, -0.2) is 78.9 Å². The molecule has 6 heteroatoms. The topological polar surface area (TPSA) is 53.1 Å². The van der Waals surface area contributed by atoms with Gasteiger partial charge < -0.3 is 14.5 Å². The van der Waals surface area contributed by atoms with Crippen molar-refractivity contribution in [2.24, 2.45) is 0 Å². The SMILES string of the molecule is CN1CC[C@]2(CCC1=O)CN(C(=O)CCOc1ccccc1)CCN2C. The molecule has 0 bridgehead atoms. The fourth-order valence-corrected chi connectivity index (χ4v) is 3.90. The van der Waals surface area contributed by atoms with Crippen molar-refractivity contribution in [3.05, 3.63) is 30.3 Å². The number of carbonyl (C=O) groups is 2. The molecule has 0 aliphatic carbocycles. The number of hydrogen-bond donors (Lipinski definition) is 0. The van der Waals surface area contributed by atoms with Crippen LogP contribution in [0.1, 0.15) is 25.7 Å². The van der Waals surface area contributed by atoms with Crippen molar-refractivity contribution < 1.29 is 14.3 Å². The molecule has 0 unspecified atom stereocenters. The molecule has 0 N–H and O–H groups in total. The van der Waals surface area contributed by atoms with Gasteiger partial charge in [-0.2, -0.15) is 0 Å². The highest BCUT2D eigenvalue weighted by Gasteiger charge is 2.42. The van der Waals surface area contributed by atoms with Crippen molar-refractivity contribution in [3.63, 3.8) is 0 Å². The summed E-state index contributed by atoms with van der Waals surface area (Å²) >= 11 is 0. The van der Waals surface area contributed by atoms with Gasteiger partial charge in [-0.3, -0.25) is 14.5 Å². The van der Waals surface area contributed by atoms with E-state index in [0.29, 0.717) is 26.0 Å². The van der Waals surface area contributed by atoms with Crippen LogP contribution >= 0.6 is 0 Å². The van der Waals surface area contributed by atoms with Gasteiger partial charge in [-0.1, -0.05) is 18.2 Å². The predicted molar refractivity (Wildman–Crippen MR) is 100.0 cm³/mol. The number of likely N-dealkylation sites (N-methyl/N-ethyl adjacent to an activating group) is 1. The predicted octanol–water partition coefficient (Wildman–Crippen LogP) is 1.61. The molecule has 2 fully saturated rings. The minimum atomic E-state index is -0.0887. The highest BCUT2D eigenvalue weighted by molar-refractivity contribution is 5.77. The van der Waals surface area contributed by atoms with Crippen molar-refractivity contribution in [3.8, 4) is 5.75 Å². The smallest absolute Gasteiger partial charge is 0.226 e. The molecule has 2 heterocycles. The molecule has 1 atom stereocenters. The van der Waals surface area contributed by atoms with Crippen LogP contribution in [0.15, 0.2) is 30.3 Å². The summed E-state index contributed by atoms with van der Waals surface area (Å²) in [6.45, 7) is 3.44. The Kier molecular flexibility index (Phi) is 5.81. The molecule has 0 aromatic heterocycles. The van der Waals surface area contributed by atoms with Crippen LogP contribution < -0.4 is 4.74 Å². The first-order chi connectivity index (χ1) is 12.5. The maximum atomic E-state index is 12.7. The average molecular weight is 359 g/mol. The first-order valence-electron chi connectivity index (χ1n) is 9.41. The molecular weight excluding hydrogens is 330 g/mol. The lowest BCUT2D eigenvalue weighted by Gasteiger charge is -2.49. The highest BCUT2D eigenvalue weighted by Crippen LogP contribution is 2.32. The van der Waals surface area contributed by atoms with Crippen molar-refractivity contribution in [2.45, 2.75) is 31.2 Å². The molecule has 142 valence electrons. The van der Waals surface area contributed by atoms with E-state index in [0.717, 1.165) is 38.2 Å². The molecule has 2 aliphatic rings. The summed E-state index contributed by atoms with van der Waals surface area (Å²) in [6, 6.07) is 9.58. The van der Waals surface area contributed by atoms with E-state index >= 15 is 0 Å². The van der Waals surface area contributed by atoms with Crippen LogP contribution in [0, 0.1) is 0 Å². The lowest BCUT2D eigenvalue weighted by molar-refractivity contribution is -0.137. The standard InChI is InChI=1S/C20H29N3O3/c1-21-12-11-20(10-8-18(21)24)16-23(14-13-22(20)2)19(25)9-15-26-17-6-4-3-5-7-17/h3-7H,8-16H2,1-2H3/t20-/m1/s1. The molecule has 3 rings (SSSR count). The van der Waals surface area contributed by atoms with Gasteiger partial charge in [-0.05, 0) is 32.0 Å². The van der Waals surface area contributed by atoms with E-state index in [1.165, 1.54) is 0 Å². The van der Waals surface area contributed by atoms with Crippen LogP contribution in [0.3, 0.4) is 0 Å². The third kappa shape index (κ3) is 4.18.